The van der Waals surface area contributed by atoms with Gasteiger partial charge in [0, 0.05) is 6.66 Å². The van der Waals surface area contributed by atoms with Crippen molar-refractivity contribution in [3.8, 4) is 5.75 Å². The van der Waals surface area contributed by atoms with E-state index in [-0.39, 0.29) is 12.6 Å². The summed E-state index contributed by atoms with van der Waals surface area (Å²) in [6.07, 6.45) is -0.184. The molecule has 1 unspecified atom stereocenters. The van der Waals surface area contributed by atoms with Crippen LogP contribution in [-0.2, 0) is 14.1 Å². The Bertz CT molecular complexity index is 485. The second-order valence-corrected chi connectivity index (χ2v) is 6.54. The van der Waals surface area contributed by atoms with E-state index < -0.39 is 13.3 Å². The molecule has 0 radical (unpaired) electrons. The largest absolute Gasteiger partial charge is 0.462 e. The van der Waals surface area contributed by atoms with E-state index in [4.69, 9.17) is 9.26 Å². The number of esters is 1. The molecule has 19 heavy (non-hydrogen) atoms. The minimum atomic E-state index is -3.00. The van der Waals surface area contributed by atoms with E-state index in [0.29, 0.717) is 5.75 Å². The Kier molecular flexibility index (Phi) is 5.77. The van der Waals surface area contributed by atoms with Crippen LogP contribution in [0.3, 0.4) is 0 Å². The summed E-state index contributed by atoms with van der Waals surface area (Å²) < 4.78 is 22.3. The molecule has 0 aromatic heterocycles. The van der Waals surface area contributed by atoms with Gasteiger partial charge in [-0.05, 0) is 26.0 Å². The summed E-state index contributed by atoms with van der Waals surface area (Å²) in [7, 11) is -3.00. The van der Waals surface area contributed by atoms with E-state index in [0.717, 1.165) is 0 Å². The van der Waals surface area contributed by atoms with Gasteiger partial charge in [-0.15, -0.1) is 0 Å². The molecule has 0 amide bonds. The van der Waals surface area contributed by atoms with Crippen LogP contribution in [0.5, 0.6) is 5.75 Å². The third-order valence-corrected chi connectivity index (χ3v) is 3.06. The molecule has 0 aliphatic rings. The summed E-state index contributed by atoms with van der Waals surface area (Å²) in [4.78, 5) is 15.0. The van der Waals surface area contributed by atoms with Gasteiger partial charge < -0.3 is 9.26 Å². The third kappa shape index (κ3) is 6.77. The van der Waals surface area contributed by atoms with Gasteiger partial charge in [-0.2, -0.15) is 0 Å². The Labute approximate surface area is 113 Å². The van der Waals surface area contributed by atoms with Crippen molar-refractivity contribution in [2.45, 2.75) is 20.0 Å². The first-order chi connectivity index (χ1) is 8.89. The van der Waals surface area contributed by atoms with E-state index in [9.17, 15) is 9.36 Å². The van der Waals surface area contributed by atoms with Gasteiger partial charge in [0.2, 0.25) is 0 Å². The lowest BCUT2D eigenvalue weighted by molar-refractivity contribution is -0.145. The molecule has 0 N–H and O–H groups in total. The lowest BCUT2D eigenvalue weighted by Gasteiger charge is -2.10. The molecule has 1 aromatic rings. The highest BCUT2D eigenvalue weighted by atomic mass is 31.2. The monoisotopic (exact) mass is 283 g/mol. The van der Waals surface area contributed by atoms with Crippen LogP contribution >= 0.6 is 7.37 Å². The molecule has 5 nitrogen and oxygen atoms in total. The van der Waals surface area contributed by atoms with Gasteiger partial charge in [0.25, 0.3) is 7.37 Å². The highest BCUT2D eigenvalue weighted by Crippen LogP contribution is 2.40. The Hall–Kier alpha value is -1.61. The molecular formula is C13H18NO4P. The third-order valence-electron chi connectivity index (χ3n) is 1.91. The smallest absolute Gasteiger partial charge is 0.327 e. The van der Waals surface area contributed by atoms with Gasteiger partial charge in [0.1, 0.15) is 12.3 Å². The molecular weight excluding hydrogens is 265 g/mol. The molecule has 6 heteroatoms. The summed E-state index contributed by atoms with van der Waals surface area (Å²) >= 11 is 0. The van der Waals surface area contributed by atoms with Gasteiger partial charge in [0.15, 0.2) is 0 Å². The maximum Gasteiger partial charge on any atom is 0.327 e. The van der Waals surface area contributed by atoms with Crippen molar-refractivity contribution in [2.75, 3.05) is 13.2 Å². The minimum Gasteiger partial charge on any atom is -0.462 e. The number of carbonyl (C=O) groups is 1. The lowest BCUT2D eigenvalue weighted by Crippen LogP contribution is -2.14. The summed E-state index contributed by atoms with van der Waals surface area (Å²) in [6, 6.07) is 8.82. The molecule has 0 aliphatic carbocycles. The molecule has 0 saturated heterocycles. The SMILES string of the molecule is CC(C)OC(=O)CN=CP(C)(=O)Oc1ccccc1. The first-order valence-corrected chi connectivity index (χ1v) is 8.05. The van der Waals surface area contributed by atoms with Crippen molar-refractivity contribution in [1.29, 1.82) is 0 Å². The molecule has 0 fully saturated rings. The topological polar surface area (TPSA) is 65.0 Å². The van der Waals surface area contributed by atoms with Gasteiger partial charge in [-0.1, -0.05) is 18.2 Å². The molecule has 0 aliphatic heterocycles. The normalized spacial score (nSPS) is 14.3. The van der Waals surface area contributed by atoms with Crippen LogP contribution < -0.4 is 4.52 Å². The van der Waals surface area contributed by atoms with Crippen molar-refractivity contribution in [2.24, 2.45) is 4.99 Å². The quantitative estimate of drug-likeness (QED) is 0.457. The lowest BCUT2D eigenvalue weighted by atomic mass is 10.3. The fraction of sp³-hybridized carbons (Fsp3) is 0.385. The van der Waals surface area contributed by atoms with E-state index in [1.807, 2.05) is 6.07 Å². The van der Waals surface area contributed by atoms with Gasteiger partial charge in [0.05, 0.1) is 12.1 Å². The summed E-state index contributed by atoms with van der Waals surface area (Å²) in [5, 5.41) is 0. The Morgan fingerprint density at radius 3 is 2.58 bits per heavy atom. The number of ether oxygens (including phenoxy) is 1. The second kappa shape index (κ2) is 7.10. The van der Waals surface area contributed by atoms with Crippen LogP contribution in [0.1, 0.15) is 13.8 Å². The highest BCUT2D eigenvalue weighted by molar-refractivity contribution is 7.73. The van der Waals surface area contributed by atoms with E-state index in [1.165, 1.54) is 12.6 Å². The maximum absolute atomic E-state index is 12.1. The zero-order chi connectivity index (χ0) is 14.3. The van der Waals surface area contributed by atoms with Crippen LogP contribution in [-0.4, -0.2) is 31.2 Å². The number of nitrogens with zero attached hydrogens (tertiary/aromatic N) is 1. The Morgan fingerprint density at radius 2 is 2.00 bits per heavy atom. The van der Waals surface area contributed by atoms with Crippen LogP contribution in [0.15, 0.2) is 35.3 Å². The number of aliphatic imine (C=N–C) groups is 1. The first-order valence-electron chi connectivity index (χ1n) is 5.91. The molecule has 0 saturated carbocycles. The highest BCUT2D eigenvalue weighted by Gasteiger charge is 2.14. The predicted molar refractivity (Wildman–Crippen MR) is 75.2 cm³/mol. The van der Waals surface area contributed by atoms with Gasteiger partial charge in [-0.25, -0.2) is 0 Å². The number of para-hydroxylation sites is 1. The summed E-state index contributed by atoms with van der Waals surface area (Å²) in [6.45, 7) is 4.79. The van der Waals surface area contributed by atoms with Crippen molar-refractivity contribution in [1.82, 2.24) is 0 Å². The fourth-order valence-corrected chi connectivity index (χ4v) is 2.24. The van der Waals surface area contributed by atoms with Crippen LogP contribution in [0.2, 0.25) is 0 Å². The maximum atomic E-state index is 12.1. The molecule has 0 spiro atoms. The Morgan fingerprint density at radius 1 is 1.37 bits per heavy atom. The number of rotatable bonds is 6. The Balaban J connectivity index is 2.50. The first kappa shape index (κ1) is 15.4. The average molecular weight is 283 g/mol. The van der Waals surface area contributed by atoms with Crippen molar-refractivity contribution < 1.29 is 18.6 Å². The van der Waals surface area contributed by atoms with E-state index >= 15 is 0 Å². The summed E-state index contributed by atoms with van der Waals surface area (Å²) in [5.41, 5.74) is 0. The van der Waals surface area contributed by atoms with Crippen molar-refractivity contribution in [3.63, 3.8) is 0 Å². The predicted octanol–water partition coefficient (Wildman–Crippen LogP) is 2.95. The van der Waals surface area contributed by atoms with Crippen molar-refractivity contribution >= 4 is 19.3 Å². The van der Waals surface area contributed by atoms with Crippen LogP contribution in [0, 0.1) is 0 Å². The van der Waals surface area contributed by atoms with Gasteiger partial charge in [-0.3, -0.25) is 14.4 Å². The van der Waals surface area contributed by atoms with Gasteiger partial charge >= 0.3 is 5.97 Å². The minimum absolute atomic E-state index is 0.159. The molecule has 104 valence electrons. The average Bonchev–Trinajstić information content (AvgIpc) is 2.28. The molecule has 1 aromatic carbocycles. The zero-order valence-corrected chi connectivity index (χ0v) is 12.2. The number of carbonyl (C=O) groups excluding carboxylic acids is 1. The second-order valence-electron chi connectivity index (χ2n) is 4.31. The van der Waals surface area contributed by atoms with E-state index in [1.54, 1.807) is 38.1 Å². The molecule has 1 atom stereocenters. The number of hydrogen-bond donors (Lipinski definition) is 0. The molecule has 0 heterocycles. The standard InChI is InChI=1S/C13H18NO4P/c1-11(2)17-13(15)9-14-10-19(3,16)18-12-7-5-4-6-8-12/h4-8,10-11H,9H2,1-3H3. The zero-order valence-electron chi connectivity index (χ0n) is 11.3. The number of hydrogen-bond acceptors (Lipinski definition) is 5. The number of benzene rings is 1. The molecule has 0 bridgehead atoms. The molecule has 1 rings (SSSR count). The fourth-order valence-electron chi connectivity index (χ4n) is 1.28. The van der Waals surface area contributed by atoms with Crippen LogP contribution in [0.25, 0.3) is 0 Å². The van der Waals surface area contributed by atoms with Crippen LogP contribution in [0.4, 0.5) is 0 Å². The van der Waals surface area contributed by atoms with E-state index in [2.05, 4.69) is 4.99 Å². The van der Waals surface area contributed by atoms with Crippen molar-refractivity contribution in [3.05, 3.63) is 30.3 Å². The summed E-state index contributed by atoms with van der Waals surface area (Å²) in [5.74, 6) is 1.23.